The Bertz CT molecular complexity index is 3980. The molecule has 0 spiro atoms. The maximum Gasteiger partial charge on any atom is 0.396 e. The number of amides is 6. The van der Waals surface area contributed by atoms with E-state index in [9.17, 15) is 57.8 Å². The number of para-hydroxylation sites is 1. The highest BCUT2D eigenvalue weighted by atomic mass is 32.1. The Labute approximate surface area is 524 Å². The van der Waals surface area contributed by atoms with Crippen molar-refractivity contribution in [2.75, 3.05) is 11.4 Å². The van der Waals surface area contributed by atoms with Crippen molar-refractivity contribution >= 4 is 93.0 Å². The Morgan fingerprint density at radius 2 is 1.57 bits per heavy atom. The van der Waals surface area contributed by atoms with E-state index >= 15 is 0 Å². The van der Waals surface area contributed by atoms with Crippen molar-refractivity contribution in [2.45, 2.75) is 148 Å². The summed E-state index contributed by atoms with van der Waals surface area (Å²) < 4.78 is 18.0. The van der Waals surface area contributed by atoms with Gasteiger partial charge in [-0.3, -0.25) is 47.8 Å². The maximum absolute atomic E-state index is 14.7. The highest BCUT2D eigenvalue weighted by Crippen LogP contribution is 2.42. The molecule has 0 radical (unpaired) electrons. The molecule has 6 amide bonds. The first-order chi connectivity index (χ1) is 42.8. The number of rotatable bonds is 24. The number of thiazole rings is 1. The number of fused-ring (bicyclic) bond motifs is 2. The van der Waals surface area contributed by atoms with E-state index < -0.39 is 90.2 Å². The molecule has 3 aliphatic rings. The third-order valence-corrected chi connectivity index (χ3v) is 19.1. The van der Waals surface area contributed by atoms with E-state index in [0.717, 1.165) is 54.7 Å². The highest BCUT2D eigenvalue weighted by Gasteiger charge is 2.46. The normalized spacial score (nSPS) is 18.4. The summed E-state index contributed by atoms with van der Waals surface area (Å²) in [5, 5.41) is 22.0. The maximum atomic E-state index is 14.7. The molecular formula is C67H75N8O13PS. The lowest BCUT2D eigenvalue weighted by Crippen LogP contribution is -2.57. The Kier molecular flexibility index (Phi) is 19.5. The molecule has 7 aromatic rings. The van der Waals surface area contributed by atoms with Gasteiger partial charge in [0.1, 0.15) is 18.1 Å². The van der Waals surface area contributed by atoms with E-state index in [1.165, 1.54) is 34.1 Å². The van der Waals surface area contributed by atoms with Crippen molar-refractivity contribution < 1.29 is 62.6 Å². The van der Waals surface area contributed by atoms with Crippen molar-refractivity contribution in [2.24, 2.45) is 17.1 Å². The number of benzene rings is 5. The molecule has 10 rings (SSSR count). The molecule has 472 valence electrons. The summed E-state index contributed by atoms with van der Waals surface area (Å²) in [6.45, 7) is 9.68. The number of aliphatic hydroxyl groups is 1. The molecule has 0 saturated carbocycles. The van der Waals surface area contributed by atoms with Crippen LogP contribution in [0.4, 0.5) is 5.69 Å². The Hall–Kier alpha value is -8.24. The quantitative estimate of drug-likeness (QED) is 0.0213. The van der Waals surface area contributed by atoms with Gasteiger partial charge in [0.2, 0.25) is 35.4 Å². The van der Waals surface area contributed by atoms with Gasteiger partial charge in [-0.2, -0.15) is 0 Å². The van der Waals surface area contributed by atoms with Gasteiger partial charge in [0.25, 0.3) is 5.52 Å². The number of aromatic nitrogens is 2. The van der Waals surface area contributed by atoms with Crippen LogP contribution in [-0.4, -0.2) is 119 Å². The van der Waals surface area contributed by atoms with Crippen LogP contribution in [-0.2, 0) is 70.5 Å². The second-order valence-corrected chi connectivity index (χ2v) is 27.3. The number of H-pyrrole nitrogens is 1. The predicted octanol–water partition coefficient (Wildman–Crippen LogP) is 7.65. The van der Waals surface area contributed by atoms with Crippen LogP contribution in [0.5, 0.6) is 0 Å². The first-order valence-corrected chi connectivity index (χ1v) is 32.8. The molecule has 9 N–H and O–H groups in total. The number of carbonyl (C=O) groups is 8. The molecule has 21 nitrogen and oxygen atoms in total. The summed E-state index contributed by atoms with van der Waals surface area (Å²) >= 11 is 1.56. The fraction of sp³-hybridized carbons (Fsp3) is 0.388. The number of hydrogen-bond acceptors (Lipinski definition) is 13. The molecule has 5 heterocycles. The molecule has 0 unspecified atom stereocenters. The van der Waals surface area contributed by atoms with Crippen molar-refractivity contribution in [3.63, 3.8) is 0 Å². The van der Waals surface area contributed by atoms with Crippen LogP contribution < -0.4 is 26.6 Å². The third-order valence-electron chi connectivity index (χ3n) is 17.3. The summed E-state index contributed by atoms with van der Waals surface area (Å²) in [4.78, 5) is 139. The van der Waals surface area contributed by atoms with Gasteiger partial charge in [-0.25, -0.2) is 4.98 Å². The molecule has 1 fully saturated rings. The monoisotopic (exact) mass is 1260 g/mol. The van der Waals surface area contributed by atoms with E-state index in [4.69, 9.17) is 10.5 Å². The van der Waals surface area contributed by atoms with Crippen molar-refractivity contribution in [1.82, 2.24) is 30.8 Å². The van der Waals surface area contributed by atoms with E-state index in [-0.39, 0.29) is 81.3 Å². The molecule has 2 aromatic heterocycles. The summed E-state index contributed by atoms with van der Waals surface area (Å²) in [5.41, 5.74) is 12.8. The number of anilines is 1. The summed E-state index contributed by atoms with van der Waals surface area (Å²) in [7, 11) is -5.05. The van der Waals surface area contributed by atoms with Crippen LogP contribution in [0, 0.1) is 18.3 Å². The third kappa shape index (κ3) is 14.8. The number of nitrogens with one attached hydrogen (secondary N) is 4. The SMILES string of the molecule is Cc1ncsc1-c1ccc(CNC(=O)[C@@H]2C[C@@H](O)CN2C(=O)[C@@H](NC(=O)CCCc2ccc3cc(CO[C@H](C)[C@H](CCC(N)=O)NC(=O)[C@@H]4Cc5cccc6c5N4C(=O)[C@@H](CC(=O)c4cc5cc(C(=O)P(=O)(O)O)ccc5[nH]4)CC6)ccc3c2)C(C)(C)C)cc1. The average Bonchev–Trinajstić information content (AvgIpc) is 1.75. The minimum atomic E-state index is -5.05. The number of β-amino-alcohol motifs (C(OH)–C–C–N with tert-alkyl or cyclic N) is 1. The van der Waals surface area contributed by atoms with Gasteiger partial charge in [0.15, 0.2) is 5.78 Å². The molecule has 1 saturated heterocycles. The zero-order valence-electron chi connectivity index (χ0n) is 50.8. The van der Waals surface area contributed by atoms with Gasteiger partial charge >= 0.3 is 7.60 Å². The summed E-state index contributed by atoms with van der Waals surface area (Å²) in [6.07, 6.45) is 0.715. The molecule has 23 heteroatoms. The average molecular weight is 1260 g/mol. The number of ether oxygens (including phenoxy) is 1. The molecular weight excluding hydrogens is 1190 g/mol. The smallest absolute Gasteiger partial charge is 0.391 e. The molecule has 90 heavy (non-hydrogen) atoms. The fourth-order valence-electron chi connectivity index (χ4n) is 12.4. The number of aromatic amines is 1. The summed E-state index contributed by atoms with van der Waals surface area (Å²) in [5.74, 6) is -3.74. The number of aliphatic hydroxyl groups excluding tert-OH is 1. The molecule has 7 atom stereocenters. The van der Waals surface area contributed by atoms with E-state index in [2.05, 4.69) is 32.0 Å². The fourth-order valence-corrected chi connectivity index (χ4v) is 13.7. The number of likely N-dealkylation sites (tertiary alicyclic amines) is 1. The van der Waals surface area contributed by atoms with Gasteiger partial charge in [-0.15, -0.1) is 11.3 Å². The van der Waals surface area contributed by atoms with E-state index in [0.29, 0.717) is 42.3 Å². The summed E-state index contributed by atoms with van der Waals surface area (Å²) in [6, 6.07) is 27.4. The predicted molar refractivity (Wildman–Crippen MR) is 340 cm³/mol. The standard InChI is InChI=1S/C67H75N8O13PS/c1-37-60(90-36-70-37)43-16-13-40(14-17-43)33-69-62(80)54-32-50(76)34-74(54)65(83)61(67(3,4)5)73-58(79)11-6-8-39-12-18-45-27-41(15-19-44(45)26-39)35-88-38(2)51(24-25-57(68)78)72-63(81)55-30-46-10-7-9-42-20-21-47(64(82)75(55)59(42)46)31-56(77)53-29-49-28-48(22-23-52(49)71-53)66(84)89(85,86)87/h7,9-10,12-19,22-23,26-29,36,38,47,50-51,54-55,61,71,76H,6,8,11,20-21,24-25,30-35H2,1-5H3,(H2,68,78)(H,69,80)(H,72,81)(H,73,79)(H2,85,86,87)/t38-,47-,50-,51+,54+,55+,61-/m1/s1. The van der Waals surface area contributed by atoms with Crippen LogP contribution in [0.25, 0.3) is 32.1 Å². The Morgan fingerprint density at radius 3 is 2.27 bits per heavy atom. The van der Waals surface area contributed by atoms with Crippen molar-refractivity contribution in [3.05, 3.63) is 153 Å². The minimum Gasteiger partial charge on any atom is -0.391 e. The Morgan fingerprint density at radius 1 is 0.856 bits per heavy atom. The number of Topliss-reactive ketones (excluding diaryl/α,β-unsaturated/α-hetero) is 1. The lowest BCUT2D eigenvalue weighted by atomic mass is 9.85. The Balaban J connectivity index is 0.722. The van der Waals surface area contributed by atoms with Crippen molar-refractivity contribution in [3.8, 4) is 10.4 Å². The largest absolute Gasteiger partial charge is 0.396 e. The van der Waals surface area contributed by atoms with Crippen LogP contribution in [0.3, 0.4) is 0 Å². The molecule has 3 aliphatic heterocycles. The van der Waals surface area contributed by atoms with Crippen LogP contribution in [0.15, 0.2) is 109 Å². The number of aryl methyl sites for hydroxylation is 3. The number of carbonyl (C=O) groups excluding carboxylic acids is 8. The van der Waals surface area contributed by atoms with Crippen LogP contribution >= 0.6 is 18.9 Å². The van der Waals surface area contributed by atoms with Crippen molar-refractivity contribution in [1.29, 1.82) is 0 Å². The van der Waals surface area contributed by atoms with Crippen LogP contribution in [0.1, 0.15) is 127 Å². The highest BCUT2D eigenvalue weighted by molar-refractivity contribution is 7.70. The number of nitrogens with two attached hydrogens (primary N) is 1. The molecule has 0 aliphatic carbocycles. The van der Waals surface area contributed by atoms with Gasteiger partial charge < -0.3 is 51.2 Å². The lowest BCUT2D eigenvalue weighted by molar-refractivity contribution is -0.144. The second-order valence-electron chi connectivity index (χ2n) is 25.0. The van der Waals surface area contributed by atoms with Crippen LogP contribution in [0.2, 0.25) is 0 Å². The second kappa shape index (κ2) is 27.1. The number of nitrogens with zero attached hydrogens (tertiary/aromatic N) is 3. The van der Waals surface area contributed by atoms with Gasteiger partial charge in [-0.05, 0) is 126 Å². The lowest BCUT2D eigenvalue weighted by Gasteiger charge is -2.35. The molecule has 5 aromatic carbocycles. The van der Waals surface area contributed by atoms with Gasteiger partial charge in [0, 0.05) is 67.6 Å². The number of ketones is 1. The van der Waals surface area contributed by atoms with Gasteiger partial charge in [0.05, 0.1) is 52.3 Å². The molecule has 0 bridgehead atoms. The zero-order valence-corrected chi connectivity index (χ0v) is 52.5. The number of hydrogen-bond donors (Lipinski definition) is 8. The topological polar surface area (TPSA) is 321 Å². The van der Waals surface area contributed by atoms with Gasteiger partial charge in [-0.1, -0.05) is 93.6 Å². The zero-order chi connectivity index (χ0) is 64.3. The van der Waals surface area contributed by atoms with E-state index in [1.54, 1.807) is 23.8 Å². The van der Waals surface area contributed by atoms with E-state index in [1.807, 2.05) is 100 Å². The first kappa shape index (κ1) is 64.7. The minimum absolute atomic E-state index is 0.0297. The number of primary amides is 1. The first-order valence-electron chi connectivity index (χ1n) is 30.3.